The minimum Gasteiger partial charge on any atom is -0.361 e. The van der Waals surface area contributed by atoms with Crippen LogP contribution in [0, 0.1) is 5.41 Å². The van der Waals surface area contributed by atoms with Crippen LogP contribution in [0.15, 0.2) is 5.70 Å². The third-order valence-corrected chi connectivity index (χ3v) is 2.18. The van der Waals surface area contributed by atoms with Crippen molar-refractivity contribution >= 4 is 5.94 Å². The van der Waals surface area contributed by atoms with E-state index in [1.807, 2.05) is 20.8 Å². The predicted molar refractivity (Wildman–Crippen MR) is 60.8 cm³/mol. The second-order valence-electron chi connectivity index (χ2n) is 5.30. The van der Waals surface area contributed by atoms with Gasteiger partial charge in [0.2, 0.25) is 0 Å². The zero-order valence-corrected chi connectivity index (χ0v) is 10.5. The number of hydrogen-bond donors (Lipinski definition) is 0. The first kappa shape index (κ1) is 13.2. The van der Waals surface area contributed by atoms with E-state index in [-0.39, 0.29) is 5.41 Å². The summed E-state index contributed by atoms with van der Waals surface area (Å²) in [5.74, 6) is 2.10. The fourth-order valence-corrected chi connectivity index (χ4v) is 1.71. The number of nitrogens with zero attached hydrogens (tertiary/aromatic N) is 1. The Hall–Kier alpha value is -0.750. The van der Waals surface area contributed by atoms with Gasteiger partial charge in [-0.15, -0.1) is 0 Å². The van der Waals surface area contributed by atoms with E-state index >= 15 is 0 Å². The van der Waals surface area contributed by atoms with Crippen molar-refractivity contribution in [2.75, 3.05) is 0 Å². The summed E-state index contributed by atoms with van der Waals surface area (Å²) in [7, 11) is 0. The van der Waals surface area contributed by atoms with Crippen molar-refractivity contribution in [3.63, 3.8) is 0 Å². The maximum atomic E-state index is 11.0. The Morgan fingerprint density at radius 3 is 1.50 bits per heavy atom. The maximum absolute atomic E-state index is 11.0. The summed E-state index contributed by atoms with van der Waals surface area (Å²) in [4.78, 5) is 13.1. The summed E-state index contributed by atoms with van der Waals surface area (Å²) in [6.07, 6.45) is 0. The fourth-order valence-electron chi connectivity index (χ4n) is 1.71. The maximum Gasteiger partial charge on any atom is 0.146 e. The molecule has 0 fully saturated rings. The van der Waals surface area contributed by atoms with Crippen LogP contribution in [0.1, 0.15) is 48.5 Å². The van der Waals surface area contributed by atoms with Crippen LogP contribution in [0.3, 0.4) is 0 Å². The second-order valence-corrected chi connectivity index (χ2v) is 5.30. The van der Waals surface area contributed by atoms with Gasteiger partial charge in [-0.1, -0.05) is 20.8 Å². The molecule has 82 valence electrons. The van der Waals surface area contributed by atoms with Gasteiger partial charge in [0.15, 0.2) is 0 Å². The van der Waals surface area contributed by atoms with Gasteiger partial charge in [-0.05, 0) is 27.7 Å². The van der Waals surface area contributed by atoms with E-state index in [1.54, 1.807) is 0 Å². The van der Waals surface area contributed by atoms with E-state index < -0.39 is 0 Å². The van der Waals surface area contributed by atoms with Crippen molar-refractivity contribution in [3.8, 4) is 0 Å². The molecule has 0 atom stereocenters. The lowest BCUT2D eigenvalue weighted by atomic mass is 9.90. The van der Waals surface area contributed by atoms with Crippen molar-refractivity contribution in [1.82, 2.24) is 4.90 Å². The average molecular weight is 197 g/mol. The second kappa shape index (κ2) is 4.65. The molecule has 0 aliphatic heterocycles. The van der Waals surface area contributed by atoms with Crippen LogP contribution in [0.2, 0.25) is 0 Å². The molecule has 0 unspecified atom stereocenters. The molecule has 2 heteroatoms. The highest BCUT2D eigenvalue weighted by atomic mass is 16.1. The van der Waals surface area contributed by atoms with Gasteiger partial charge in [0, 0.05) is 17.5 Å². The summed E-state index contributed by atoms with van der Waals surface area (Å²) in [5.41, 5.74) is 0.638. The molecule has 0 N–H and O–H groups in total. The molecule has 0 aliphatic rings. The Kier molecular flexibility index (Phi) is 4.41. The van der Waals surface area contributed by atoms with Crippen LogP contribution >= 0.6 is 0 Å². The Balaban J connectivity index is 5.10. The third kappa shape index (κ3) is 3.19. The summed E-state index contributed by atoms with van der Waals surface area (Å²) in [6.45, 7) is 14.5. The zero-order chi connectivity index (χ0) is 11.5. The van der Waals surface area contributed by atoms with E-state index in [4.69, 9.17) is 0 Å². The molecule has 2 nitrogen and oxygen atoms in total. The molecule has 0 heterocycles. The van der Waals surface area contributed by atoms with Crippen LogP contribution in [0.5, 0.6) is 0 Å². The molecule has 14 heavy (non-hydrogen) atoms. The molecule has 0 aliphatic carbocycles. The summed E-state index contributed by atoms with van der Waals surface area (Å²) in [5, 5.41) is 0. The summed E-state index contributed by atoms with van der Waals surface area (Å²) in [6, 6.07) is 0.677. The van der Waals surface area contributed by atoms with Gasteiger partial charge in [-0.2, -0.15) is 0 Å². The highest BCUT2D eigenvalue weighted by Gasteiger charge is 2.27. The quantitative estimate of drug-likeness (QED) is 0.648. The van der Waals surface area contributed by atoms with Gasteiger partial charge < -0.3 is 4.90 Å². The topological polar surface area (TPSA) is 20.3 Å². The Labute approximate surface area is 88.0 Å². The summed E-state index contributed by atoms with van der Waals surface area (Å²) >= 11 is 0. The highest BCUT2D eigenvalue weighted by molar-refractivity contribution is 5.54. The number of hydrogen-bond acceptors (Lipinski definition) is 2. The molecule has 0 rings (SSSR count). The van der Waals surface area contributed by atoms with Gasteiger partial charge in [-0.3, -0.25) is 0 Å². The molecule has 0 saturated carbocycles. The monoisotopic (exact) mass is 197 g/mol. The molecule has 0 saturated heterocycles. The average Bonchev–Trinajstić information content (AvgIpc) is 1.95. The SMILES string of the molecule is CC(C)N(C(=C=O)C(C)(C)C)C(C)C. The minimum atomic E-state index is -0.129. The fraction of sp³-hybridized carbons (Fsp3) is 0.833. The molecular weight excluding hydrogens is 174 g/mol. The van der Waals surface area contributed by atoms with E-state index in [0.29, 0.717) is 12.1 Å². The van der Waals surface area contributed by atoms with E-state index in [9.17, 15) is 4.79 Å². The van der Waals surface area contributed by atoms with Crippen LogP contribution in [0.4, 0.5) is 0 Å². The number of allylic oxidation sites excluding steroid dienone is 1. The normalized spacial score (nSPS) is 11.8. The third-order valence-electron chi connectivity index (χ3n) is 2.18. The number of rotatable bonds is 3. The van der Waals surface area contributed by atoms with E-state index in [1.165, 1.54) is 0 Å². The lowest BCUT2D eigenvalue weighted by molar-refractivity contribution is 0.186. The van der Waals surface area contributed by atoms with Crippen LogP contribution in [-0.2, 0) is 4.79 Å². The van der Waals surface area contributed by atoms with Crippen molar-refractivity contribution < 1.29 is 4.79 Å². The zero-order valence-electron chi connectivity index (χ0n) is 10.5. The Morgan fingerprint density at radius 2 is 1.43 bits per heavy atom. The predicted octanol–water partition coefficient (Wildman–Crippen LogP) is 2.87. The van der Waals surface area contributed by atoms with E-state index in [0.717, 1.165) is 5.70 Å². The molecule has 0 spiro atoms. The van der Waals surface area contributed by atoms with E-state index in [2.05, 4.69) is 38.5 Å². The molecule has 0 aromatic carbocycles. The smallest absolute Gasteiger partial charge is 0.146 e. The standard InChI is InChI=1S/C12H23NO/c1-9(2)13(10(3)4)11(8-14)12(5,6)7/h9-10H,1-7H3. The first-order chi connectivity index (χ1) is 6.21. The van der Waals surface area contributed by atoms with Gasteiger partial charge in [0.25, 0.3) is 0 Å². The van der Waals surface area contributed by atoms with Crippen molar-refractivity contribution in [1.29, 1.82) is 0 Å². The molecule has 0 radical (unpaired) electrons. The van der Waals surface area contributed by atoms with Crippen molar-refractivity contribution in [2.24, 2.45) is 5.41 Å². The molecule has 0 aromatic heterocycles. The summed E-state index contributed by atoms with van der Waals surface area (Å²) < 4.78 is 0. The van der Waals surface area contributed by atoms with Gasteiger partial charge in [0.1, 0.15) is 11.6 Å². The Bertz CT molecular complexity index is 221. The van der Waals surface area contributed by atoms with Gasteiger partial charge >= 0.3 is 0 Å². The first-order valence-electron chi connectivity index (χ1n) is 5.25. The molecular formula is C12H23NO. The van der Waals surface area contributed by atoms with Crippen LogP contribution in [-0.4, -0.2) is 22.9 Å². The van der Waals surface area contributed by atoms with Crippen molar-refractivity contribution in [2.45, 2.75) is 60.5 Å². The minimum absolute atomic E-state index is 0.129. The molecule has 0 bridgehead atoms. The first-order valence-corrected chi connectivity index (χ1v) is 5.25. The van der Waals surface area contributed by atoms with Crippen molar-refractivity contribution in [3.05, 3.63) is 5.70 Å². The van der Waals surface area contributed by atoms with Crippen LogP contribution < -0.4 is 0 Å². The highest BCUT2D eigenvalue weighted by Crippen LogP contribution is 2.29. The largest absolute Gasteiger partial charge is 0.361 e. The Morgan fingerprint density at radius 1 is 1.07 bits per heavy atom. The molecule has 0 aromatic rings. The van der Waals surface area contributed by atoms with Gasteiger partial charge in [-0.25, -0.2) is 4.79 Å². The number of carbonyl (C=O) groups excluding carboxylic acids is 1. The lowest BCUT2D eigenvalue weighted by Crippen LogP contribution is -2.40. The van der Waals surface area contributed by atoms with Gasteiger partial charge in [0.05, 0.1) is 0 Å². The molecule has 0 amide bonds. The lowest BCUT2D eigenvalue weighted by Gasteiger charge is -2.38. The van der Waals surface area contributed by atoms with Crippen LogP contribution in [0.25, 0.3) is 0 Å².